The molecule has 0 amide bonds. The first kappa shape index (κ1) is 24.0. The number of benzene rings is 1. The predicted octanol–water partition coefficient (Wildman–Crippen LogP) is 5.25. The van der Waals surface area contributed by atoms with Crippen LogP contribution in [0.3, 0.4) is 0 Å². The summed E-state index contributed by atoms with van der Waals surface area (Å²) in [5.41, 5.74) is 2.06. The Kier molecular flexibility index (Phi) is 6.52. The quantitative estimate of drug-likeness (QED) is 0.204. The first-order valence-corrected chi connectivity index (χ1v) is 12.3. The predicted molar refractivity (Wildman–Crippen MR) is 132 cm³/mol. The van der Waals surface area contributed by atoms with Crippen LogP contribution in [-0.2, 0) is 13.1 Å². The van der Waals surface area contributed by atoms with Gasteiger partial charge in [-0.05, 0) is 76.6 Å². The third kappa shape index (κ3) is 5.27. The van der Waals surface area contributed by atoms with Gasteiger partial charge in [0.15, 0.2) is 12.0 Å². The van der Waals surface area contributed by atoms with Gasteiger partial charge in [-0.15, -0.1) is 0 Å². The van der Waals surface area contributed by atoms with Crippen LogP contribution in [0.25, 0.3) is 11.4 Å². The second kappa shape index (κ2) is 9.76. The van der Waals surface area contributed by atoms with E-state index in [-0.39, 0.29) is 5.75 Å². The van der Waals surface area contributed by atoms with Gasteiger partial charge in [0.2, 0.25) is 5.75 Å². The molecule has 0 spiro atoms. The summed E-state index contributed by atoms with van der Waals surface area (Å²) in [4.78, 5) is 19.2. The minimum absolute atomic E-state index is 0.0298. The average molecular weight is 556 g/mol. The molecule has 1 aromatic carbocycles. The summed E-state index contributed by atoms with van der Waals surface area (Å²) < 4.78 is 24.5. The number of hydrogen-bond donors (Lipinski definition) is 0. The Balaban J connectivity index is 1.47. The van der Waals surface area contributed by atoms with Gasteiger partial charge in [0.05, 0.1) is 17.2 Å². The van der Waals surface area contributed by atoms with Crippen LogP contribution in [0.5, 0.6) is 5.75 Å². The normalized spacial score (nSPS) is 14.1. The van der Waals surface area contributed by atoms with E-state index >= 15 is 0 Å². The number of halogens is 2. The van der Waals surface area contributed by atoms with E-state index in [1.165, 1.54) is 37.2 Å². The summed E-state index contributed by atoms with van der Waals surface area (Å²) in [6.07, 6.45) is 6.89. The van der Waals surface area contributed by atoms with E-state index in [4.69, 9.17) is 4.74 Å². The largest absolute Gasteiger partial charge is 0.478 e. The number of rotatable bonds is 9. The summed E-state index contributed by atoms with van der Waals surface area (Å²) in [5.74, 6) is 0.889. The summed E-state index contributed by atoms with van der Waals surface area (Å²) in [6, 6.07) is 5.77. The molecule has 0 N–H and O–H groups in total. The Hall–Kier alpha value is -3.67. The Morgan fingerprint density at radius 1 is 1.31 bits per heavy atom. The fourth-order valence-corrected chi connectivity index (χ4v) is 4.37. The van der Waals surface area contributed by atoms with Gasteiger partial charge in [0.25, 0.3) is 0 Å². The van der Waals surface area contributed by atoms with E-state index in [1.54, 1.807) is 24.6 Å². The van der Waals surface area contributed by atoms with Gasteiger partial charge >= 0.3 is 5.82 Å². The molecule has 1 aliphatic rings. The average Bonchev–Trinajstić information content (AvgIpc) is 3.41. The molecule has 4 aromatic rings. The number of aryl methyl sites for hydroxylation is 1. The molecular weight excluding hydrogens is 533 g/mol. The molecule has 186 valence electrons. The summed E-state index contributed by atoms with van der Waals surface area (Å²) in [6.45, 7) is 4.83. The monoisotopic (exact) mass is 555 g/mol. The van der Waals surface area contributed by atoms with Crippen LogP contribution in [0.15, 0.2) is 47.3 Å². The molecular formula is C24H23BrFN7O3. The van der Waals surface area contributed by atoms with Gasteiger partial charge in [-0.1, -0.05) is 0 Å². The third-order valence-electron chi connectivity index (χ3n) is 5.91. The Labute approximate surface area is 214 Å². The molecule has 3 heterocycles. The second-order valence-corrected chi connectivity index (χ2v) is 9.79. The maximum absolute atomic E-state index is 14.4. The van der Waals surface area contributed by atoms with Crippen molar-refractivity contribution < 1.29 is 14.1 Å². The fraction of sp³-hybridized carbons (Fsp3) is 0.333. The number of hydrogen-bond acceptors (Lipinski definition) is 7. The molecule has 1 atom stereocenters. The first-order valence-electron chi connectivity index (χ1n) is 11.5. The van der Waals surface area contributed by atoms with Crippen molar-refractivity contribution in [1.82, 2.24) is 29.5 Å². The molecule has 1 saturated carbocycles. The van der Waals surface area contributed by atoms with E-state index in [0.717, 1.165) is 12.1 Å². The van der Waals surface area contributed by atoms with E-state index in [0.29, 0.717) is 39.7 Å². The van der Waals surface area contributed by atoms with Crippen molar-refractivity contribution >= 4 is 21.7 Å². The molecule has 0 aliphatic heterocycles. The number of aromatic nitrogens is 6. The van der Waals surface area contributed by atoms with Crippen molar-refractivity contribution in [2.75, 3.05) is 0 Å². The van der Waals surface area contributed by atoms with Crippen molar-refractivity contribution in [3.05, 3.63) is 80.2 Å². The molecule has 0 saturated heterocycles. The summed E-state index contributed by atoms with van der Waals surface area (Å²) >= 11 is 3.26. The van der Waals surface area contributed by atoms with Gasteiger partial charge in [-0.25, -0.2) is 14.1 Å². The molecule has 0 radical (unpaired) electrons. The van der Waals surface area contributed by atoms with Gasteiger partial charge < -0.3 is 14.9 Å². The summed E-state index contributed by atoms with van der Waals surface area (Å²) in [5, 5.41) is 20.4. The van der Waals surface area contributed by atoms with Crippen molar-refractivity contribution in [3.8, 4) is 17.1 Å². The number of ether oxygens (including phenoxy) is 1. The third-order valence-corrected chi connectivity index (χ3v) is 6.34. The number of nitrogens with zero attached hydrogens (tertiary/aromatic N) is 7. The van der Waals surface area contributed by atoms with Crippen molar-refractivity contribution in [3.63, 3.8) is 0 Å². The van der Waals surface area contributed by atoms with Crippen LogP contribution in [-0.4, -0.2) is 34.5 Å². The highest BCUT2D eigenvalue weighted by molar-refractivity contribution is 9.10. The van der Waals surface area contributed by atoms with E-state index in [2.05, 4.69) is 36.1 Å². The standard InChI is InChI=1S/C24H23BrFN7O3/c1-14(36-22-7-18(25)10-27-24(22)33(34)35)21-8-19(26)5-6-20(21)23-29-15(2)30-32(23)13-17-9-28-31(12-17)11-16-3-4-16/h5-10,12,14,16H,3-4,11,13H2,1-2H3. The summed E-state index contributed by atoms with van der Waals surface area (Å²) in [7, 11) is 0. The zero-order valence-electron chi connectivity index (χ0n) is 19.6. The van der Waals surface area contributed by atoms with Crippen molar-refractivity contribution in [2.45, 2.75) is 45.9 Å². The van der Waals surface area contributed by atoms with Crippen LogP contribution in [0, 0.1) is 28.8 Å². The molecule has 1 aliphatic carbocycles. The van der Waals surface area contributed by atoms with Gasteiger partial charge in [0.1, 0.15) is 17.7 Å². The first-order chi connectivity index (χ1) is 17.3. The Bertz CT molecular complexity index is 1430. The Morgan fingerprint density at radius 3 is 2.86 bits per heavy atom. The van der Waals surface area contributed by atoms with Crippen LogP contribution < -0.4 is 4.74 Å². The van der Waals surface area contributed by atoms with E-state index < -0.39 is 22.7 Å². The Morgan fingerprint density at radius 2 is 2.11 bits per heavy atom. The lowest BCUT2D eigenvalue weighted by atomic mass is 10.0. The SMILES string of the molecule is Cc1nc(-c2ccc(F)cc2C(C)Oc2cc(Br)cnc2[N+](=O)[O-])n(Cc2cnn(CC3CC3)c2)n1. The fourth-order valence-electron chi connectivity index (χ4n) is 4.06. The minimum atomic E-state index is -0.753. The maximum Gasteiger partial charge on any atom is 0.406 e. The highest BCUT2D eigenvalue weighted by Crippen LogP contribution is 2.35. The number of nitro groups is 1. The van der Waals surface area contributed by atoms with Crippen molar-refractivity contribution in [2.24, 2.45) is 5.92 Å². The minimum Gasteiger partial charge on any atom is -0.478 e. The lowest BCUT2D eigenvalue weighted by molar-refractivity contribution is -0.390. The molecule has 36 heavy (non-hydrogen) atoms. The molecule has 0 bridgehead atoms. The van der Waals surface area contributed by atoms with Gasteiger partial charge in [0, 0.05) is 35.5 Å². The van der Waals surface area contributed by atoms with Crippen molar-refractivity contribution in [1.29, 1.82) is 0 Å². The van der Waals surface area contributed by atoms with E-state index in [1.807, 2.05) is 17.1 Å². The zero-order valence-corrected chi connectivity index (χ0v) is 21.2. The highest BCUT2D eigenvalue weighted by Gasteiger charge is 2.25. The zero-order chi connectivity index (χ0) is 25.4. The lowest BCUT2D eigenvalue weighted by Gasteiger charge is -2.18. The molecule has 3 aromatic heterocycles. The maximum atomic E-state index is 14.4. The smallest absolute Gasteiger partial charge is 0.406 e. The number of pyridine rings is 1. The topological polar surface area (TPSA) is 114 Å². The van der Waals surface area contributed by atoms with Crippen LogP contribution in [0.1, 0.15) is 42.8 Å². The van der Waals surface area contributed by atoms with Crippen LogP contribution in [0.4, 0.5) is 10.2 Å². The van der Waals surface area contributed by atoms with Crippen LogP contribution >= 0.6 is 15.9 Å². The molecule has 1 unspecified atom stereocenters. The van der Waals surface area contributed by atoms with Crippen LogP contribution in [0.2, 0.25) is 0 Å². The van der Waals surface area contributed by atoms with Gasteiger partial charge in [-0.2, -0.15) is 10.2 Å². The second-order valence-electron chi connectivity index (χ2n) is 8.88. The molecule has 1 fully saturated rings. The molecule has 5 rings (SSSR count). The van der Waals surface area contributed by atoms with E-state index in [9.17, 15) is 14.5 Å². The molecule has 10 nitrogen and oxygen atoms in total. The van der Waals surface area contributed by atoms with Gasteiger partial charge in [-0.3, -0.25) is 4.68 Å². The molecule has 12 heteroatoms. The highest BCUT2D eigenvalue weighted by atomic mass is 79.9. The lowest BCUT2D eigenvalue weighted by Crippen LogP contribution is -2.10.